The molecule has 0 N–H and O–H groups in total. The second kappa shape index (κ2) is 2.68. The lowest BCUT2D eigenvalue weighted by Crippen LogP contribution is -2.22. The standard InChI is InChI=1S/C2H2F6S/c3-1(4)2(5,6)9(7)8/h1,9H. The van der Waals surface area contributed by atoms with E-state index in [0.29, 0.717) is 0 Å². The summed E-state index contributed by atoms with van der Waals surface area (Å²) in [6.07, 6.45) is -4.27. The molecule has 58 valence electrons. The van der Waals surface area contributed by atoms with Gasteiger partial charge in [-0.3, -0.25) is 0 Å². The van der Waals surface area contributed by atoms with Gasteiger partial charge in [-0.1, -0.05) is 0 Å². The SMILES string of the molecule is FC(F)C(F)(F)[SH](F)F. The summed E-state index contributed by atoms with van der Waals surface area (Å²) < 4.78 is 65.9. The summed E-state index contributed by atoms with van der Waals surface area (Å²) in [7, 11) is 0. The van der Waals surface area contributed by atoms with Gasteiger partial charge in [-0.2, -0.15) is 16.6 Å². The minimum atomic E-state index is -5.10. The molecule has 0 heterocycles. The van der Waals surface area contributed by atoms with Gasteiger partial charge in [0.2, 0.25) is 0 Å². The van der Waals surface area contributed by atoms with Crippen LogP contribution >= 0.6 is 11.7 Å². The Balaban J connectivity index is 4.01. The first-order valence-corrected chi connectivity index (χ1v) is 2.79. The van der Waals surface area contributed by atoms with Crippen LogP contribution in [0.25, 0.3) is 0 Å². The van der Waals surface area contributed by atoms with Crippen LogP contribution in [0.4, 0.5) is 25.3 Å². The zero-order chi connectivity index (χ0) is 7.65. The molecule has 0 aliphatic heterocycles. The van der Waals surface area contributed by atoms with E-state index in [1.54, 1.807) is 0 Å². The summed E-state index contributed by atoms with van der Waals surface area (Å²) in [5.74, 6) is 0. The Hall–Kier alpha value is -0.0700. The van der Waals surface area contributed by atoms with Crippen molar-refractivity contribution in [2.24, 2.45) is 0 Å². The van der Waals surface area contributed by atoms with Crippen LogP contribution in [0.5, 0.6) is 0 Å². The van der Waals surface area contributed by atoms with Crippen LogP contribution in [0.2, 0.25) is 0 Å². The third-order valence-corrected chi connectivity index (χ3v) is 1.13. The molecule has 0 aliphatic rings. The molecule has 0 fully saturated rings. The normalized spacial score (nSPS) is 14.3. The van der Waals surface area contributed by atoms with E-state index in [1.807, 2.05) is 0 Å². The van der Waals surface area contributed by atoms with E-state index in [4.69, 9.17) is 0 Å². The minimum Gasteiger partial charge on any atom is -0.202 e. The number of hydrogen-bond donors (Lipinski definition) is 1. The summed E-state index contributed by atoms with van der Waals surface area (Å²) in [4.78, 5) is 0. The Bertz CT molecular complexity index is 79.1. The van der Waals surface area contributed by atoms with Gasteiger partial charge in [-0.25, -0.2) is 8.78 Å². The number of alkyl halides is 4. The van der Waals surface area contributed by atoms with Crippen LogP contribution < -0.4 is 0 Å². The van der Waals surface area contributed by atoms with Gasteiger partial charge in [0.1, 0.15) is 11.7 Å². The molecule has 0 saturated heterocycles. The highest BCUT2D eigenvalue weighted by atomic mass is 32.3. The lowest BCUT2D eigenvalue weighted by Gasteiger charge is -2.14. The zero-order valence-electron chi connectivity index (χ0n) is 3.79. The van der Waals surface area contributed by atoms with Crippen molar-refractivity contribution in [1.29, 1.82) is 0 Å². The Morgan fingerprint density at radius 3 is 1.44 bits per heavy atom. The smallest absolute Gasteiger partial charge is 0.202 e. The van der Waals surface area contributed by atoms with Crippen LogP contribution in [0.15, 0.2) is 0 Å². The summed E-state index contributed by atoms with van der Waals surface area (Å²) in [5.41, 5.74) is 0. The van der Waals surface area contributed by atoms with Gasteiger partial charge in [0, 0.05) is 0 Å². The molecule has 9 heavy (non-hydrogen) atoms. The molecule has 0 aromatic rings. The topological polar surface area (TPSA) is 0 Å². The lowest BCUT2D eigenvalue weighted by molar-refractivity contribution is -0.0628. The predicted octanol–water partition coefficient (Wildman–Crippen LogP) is 2.61. The Morgan fingerprint density at radius 1 is 1.11 bits per heavy atom. The summed E-state index contributed by atoms with van der Waals surface area (Å²) >= 11 is -4.87. The number of thiol groups is 1. The largest absolute Gasteiger partial charge is 0.384 e. The molecular formula is C2H2F6S. The fourth-order valence-corrected chi connectivity index (χ4v) is 0.221. The van der Waals surface area contributed by atoms with Gasteiger partial charge in [0.25, 0.3) is 0 Å². The first-order valence-electron chi connectivity index (χ1n) is 1.66. The fraction of sp³-hybridized carbons (Fsp3) is 1.00. The number of halogens is 6. The molecule has 0 rings (SSSR count). The second-order valence-corrected chi connectivity index (χ2v) is 2.18. The third-order valence-electron chi connectivity index (χ3n) is 0.488. The van der Waals surface area contributed by atoms with E-state index in [1.165, 1.54) is 0 Å². The molecule has 0 aromatic heterocycles. The first-order chi connectivity index (χ1) is 3.89. The van der Waals surface area contributed by atoms with Crippen molar-refractivity contribution in [1.82, 2.24) is 0 Å². The van der Waals surface area contributed by atoms with E-state index >= 15 is 0 Å². The van der Waals surface area contributed by atoms with Crippen LogP contribution in [0.3, 0.4) is 0 Å². The van der Waals surface area contributed by atoms with Gasteiger partial charge in [0.15, 0.2) is 0 Å². The van der Waals surface area contributed by atoms with Gasteiger partial charge in [-0.05, 0) is 0 Å². The molecule has 0 spiro atoms. The van der Waals surface area contributed by atoms with Crippen molar-refractivity contribution in [3.8, 4) is 0 Å². The van der Waals surface area contributed by atoms with E-state index in [9.17, 15) is 25.3 Å². The van der Waals surface area contributed by atoms with E-state index in [2.05, 4.69) is 0 Å². The number of rotatable bonds is 2. The Kier molecular flexibility index (Phi) is 2.66. The van der Waals surface area contributed by atoms with E-state index in [-0.39, 0.29) is 0 Å². The van der Waals surface area contributed by atoms with E-state index in [0.717, 1.165) is 0 Å². The van der Waals surface area contributed by atoms with Crippen LogP contribution in [-0.4, -0.2) is 11.7 Å². The van der Waals surface area contributed by atoms with Gasteiger partial charge < -0.3 is 0 Å². The molecule has 0 aromatic carbocycles. The monoisotopic (exact) mass is 172 g/mol. The Morgan fingerprint density at radius 2 is 1.44 bits per heavy atom. The molecule has 0 aliphatic carbocycles. The summed E-state index contributed by atoms with van der Waals surface area (Å²) in [5, 5.41) is -5.10. The van der Waals surface area contributed by atoms with Crippen molar-refractivity contribution < 1.29 is 25.3 Å². The summed E-state index contributed by atoms with van der Waals surface area (Å²) in [6.45, 7) is 0. The van der Waals surface area contributed by atoms with Crippen LogP contribution in [-0.2, 0) is 0 Å². The van der Waals surface area contributed by atoms with Crippen molar-refractivity contribution in [3.63, 3.8) is 0 Å². The first kappa shape index (κ1) is 8.93. The van der Waals surface area contributed by atoms with Crippen LogP contribution in [0, 0.1) is 0 Å². The predicted molar refractivity (Wildman–Crippen MR) is 22.2 cm³/mol. The summed E-state index contributed by atoms with van der Waals surface area (Å²) in [6, 6.07) is 0. The highest BCUT2D eigenvalue weighted by molar-refractivity contribution is 8.08. The van der Waals surface area contributed by atoms with Crippen molar-refractivity contribution >= 4 is 11.7 Å². The molecule has 0 bridgehead atoms. The maximum Gasteiger partial charge on any atom is 0.384 e. The molecule has 7 heteroatoms. The maximum absolute atomic E-state index is 11.2. The Labute approximate surface area is 49.8 Å². The van der Waals surface area contributed by atoms with Gasteiger partial charge in [-0.15, -0.1) is 0 Å². The van der Waals surface area contributed by atoms with Crippen molar-refractivity contribution in [2.75, 3.05) is 0 Å². The molecule has 0 nitrogen and oxygen atoms in total. The molecule has 0 amide bonds. The highest BCUT2D eigenvalue weighted by Gasteiger charge is 2.48. The fourth-order valence-electron chi connectivity index (χ4n) is 0.0738. The maximum atomic E-state index is 11.2. The average molecular weight is 172 g/mol. The molecule has 0 atom stereocenters. The van der Waals surface area contributed by atoms with Gasteiger partial charge >= 0.3 is 11.7 Å². The van der Waals surface area contributed by atoms with Crippen molar-refractivity contribution in [3.05, 3.63) is 0 Å². The molecular weight excluding hydrogens is 170 g/mol. The van der Waals surface area contributed by atoms with E-state index < -0.39 is 23.3 Å². The second-order valence-electron chi connectivity index (χ2n) is 1.12. The van der Waals surface area contributed by atoms with Crippen LogP contribution in [0.1, 0.15) is 0 Å². The molecule has 0 unspecified atom stereocenters. The average Bonchev–Trinajstić information content (AvgIpc) is 1.65. The third kappa shape index (κ3) is 1.96. The quantitative estimate of drug-likeness (QED) is 0.480. The highest BCUT2D eigenvalue weighted by Crippen LogP contribution is 2.49. The lowest BCUT2D eigenvalue weighted by atomic mass is 10.7. The van der Waals surface area contributed by atoms with Crippen molar-refractivity contribution in [2.45, 2.75) is 11.7 Å². The molecule has 0 radical (unpaired) electrons. The number of hydrogen-bond acceptors (Lipinski definition) is 0. The molecule has 0 saturated carbocycles. The van der Waals surface area contributed by atoms with Gasteiger partial charge in [0.05, 0.1) is 0 Å². The minimum absolute atomic E-state index is 4.27. The zero-order valence-corrected chi connectivity index (χ0v) is 4.69.